The Morgan fingerprint density at radius 3 is 2.48 bits per heavy atom. The number of aromatic carboxylic acids is 1. The molecule has 0 amide bonds. The highest BCUT2D eigenvalue weighted by atomic mass is 16.5. The standard InChI is InChI=1S/C17H19NO3/c1-2-3-12-21-16-11-7-6-10-15(16)18-14-9-5-4-8-13(14)17(19)20/h4-11,18H,2-3,12H2,1H3,(H,19,20). The van der Waals surface area contributed by atoms with E-state index in [0.717, 1.165) is 24.3 Å². The normalized spacial score (nSPS) is 10.1. The van der Waals surface area contributed by atoms with Gasteiger partial charge in [0.15, 0.2) is 0 Å². The Balaban J connectivity index is 2.22. The highest BCUT2D eigenvalue weighted by Crippen LogP contribution is 2.29. The van der Waals surface area contributed by atoms with Gasteiger partial charge in [0.1, 0.15) is 5.75 Å². The minimum atomic E-state index is -0.956. The number of nitrogens with one attached hydrogen (secondary N) is 1. The first kappa shape index (κ1) is 14.9. The van der Waals surface area contributed by atoms with Gasteiger partial charge in [0, 0.05) is 0 Å². The molecular formula is C17H19NO3. The maximum Gasteiger partial charge on any atom is 0.337 e. The smallest absolute Gasteiger partial charge is 0.337 e. The predicted octanol–water partition coefficient (Wildman–Crippen LogP) is 4.31. The SMILES string of the molecule is CCCCOc1ccccc1Nc1ccccc1C(=O)O. The Bertz CT molecular complexity index is 610. The van der Waals surface area contributed by atoms with Crippen LogP contribution in [0, 0.1) is 0 Å². The van der Waals surface area contributed by atoms with Gasteiger partial charge < -0.3 is 15.2 Å². The summed E-state index contributed by atoms with van der Waals surface area (Å²) in [5.41, 5.74) is 1.56. The van der Waals surface area contributed by atoms with Crippen LogP contribution in [0.2, 0.25) is 0 Å². The van der Waals surface area contributed by atoms with Gasteiger partial charge in [-0.05, 0) is 30.7 Å². The summed E-state index contributed by atoms with van der Waals surface area (Å²) in [5, 5.41) is 12.4. The topological polar surface area (TPSA) is 58.6 Å². The van der Waals surface area contributed by atoms with E-state index in [1.807, 2.05) is 24.3 Å². The highest BCUT2D eigenvalue weighted by molar-refractivity contribution is 5.95. The fraction of sp³-hybridized carbons (Fsp3) is 0.235. The van der Waals surface area contributed by atoms with Crippen molar-refractivity contribution in [1.82, 2.24) is 0 Å². The lowest BCUT2D eigenvalue weighted by atomic mass is 10.1. The second-order valence-corrected chi connectivity index (χ2v) is 4.67. The summed E-state index contributed by atoms with van der Waals surface area (Å²) in [6.45, 7) is 2.76. The molecule has 0 bridgehead atoms. The number of rotatable bonds is 7. The lowest BCUT2D eigenvalue weighted by Crippen LogP contribution is -2.04. The average Bonchev–Trinajstić information content (AvgIpc) is 2.49. The van der Waals surface area contributed by atoms with Crippen LogP contribution in [0.4, 0.5) is 11.4 Å². The summed E-state index contributed by atoms with van der Waals surface area (Å²) in [6.07, 6.45) is 2.05. The van der Waals surface area contributed by atoms with Crippen LogP contribution in [0.5, 0.6) is 5.75 Å². The van der Waals surface area contributed by atoms with E-state index in [4.69, 9.17) is 4.74 Å². The Kier molecular flexibility index (Phi) is 5.21. The summed E-state index contributed by atoms with van der Waals surface area (Å²) in [6, 6.07) is 14.4. The average molecular weight is 285 g/mol. The molecule has 0 fully saturated rings. The van der Waals surface area contributed by atoms with Crippen LogP contribution in [-0.2, 0) is 0 Å². The van der Waals surface area contributed by atoms with Crippen LogP contribution >= 0.6 is 0 Å². The molecule has 4 nitrogen and oxygen atoms in total. The first-order chi connectivity index (χ1) is 10.2. The Labute approximate surface area is 124 Å². The number of benzene rings is 2. The van der Waals surface area contributed by atoms with Gasteiger partial charge in [-0.25, -0.2) is 4.79 Å². The Morgan fingerprint density at radius 2 is 1.76 bits per heavy atom. The van der Waals surface area contributed by atoms with Crippen LogP contribution < -0.4 is 10.1 Å². The fourth-order valence-corrected chi connectivity index (χ4v) is 1.95. The first-order valence-corrected chi connectivity index (χ1v) is 7.03. The van der Waals surface area contributed by atoms with Crippen molar-refractivity contribution in [2.24, 2.45) is 0 Å². The zero-order valence-corrected chi connectivity index (χ0v) is 12.0. The molecule has 0 aliphatic rings. The van der Waals surface area contributed by atoms with Crippen molar-refractivity contribution in [3.05, 3.63) is 54.1 Å². The number of para-hydroxylation sites is 3. The van der Waals surface area contributed by atoms with E-state index in [1.165, 1.54) is 0 Å². The molecule has 0 aliphatic carbocycles. The van der Waals surface area contributed by atoms with Gasteiger partial charge in [-0.15, -0.1) is 0 Å². The largest absolute Gasteiger partial charge is 0.491 e. The van der Waals surface area contributed by atoms with Gasteiger partial charge in [-0.1, -0.05) is 37.6 Å². The van der Waals surface area contributed by atoms with Crippen molar-refractivity contribution in [1.29, 1.82) is 0 Å². The van der Waals surface area contributed by atoms with Crippen molar-refractivity contribution in [3.63, 3.8) is 0 Å². The summed E-state index contributed by atoms with van der Waals surface area (Å²) in [5.74, 6) is -0.228. The maximum absolute atomic E-state index is 11.2. The molecule has 2 N–H and O–H groups in total. The van der Waals surface area contributed by atoms with Crippen LogP contribution in [-0.4, -0.2) is 17.7 Å². The van der Waals surface area contributed by atoms with E-state index in [0.29, 0.717) is 12.3 Å². The molecule has 0 unspecified atom stereocenters. The molecule has 0 saturated carbocycles. The number of anilines is 2. The van der Waals surface area contributed by atoms with E-state index in [2.05, 4.69) is 12.2 Å². The summed E-state index contributed by atoms with van der Waals surface area (Å²) in [4.78, 5) is 11.2. The molecule has 0 radical (unpaired) electrons. The molecule has 2 aromatic rings. The number of hydrogen-bond donors (Lipinski definition) is 2. The molecule has 0 spiro atoms. The third-order valence-electron chi connectivity index (χ3n) is 3.07. The second kappa shape index (κ2) is 7.33. The number of carboxylic acid groups (broad SMARTS) is 1. The van der Waals surface area contributed by atoms with Gasteiger partial charge >= 0.3 is 5.97 Å². The highest BCUT2D eigenvalue weighted by Gasteiger charge is 2.11. The van der Waals surface area contributed by atoms with Crippen LogP contribution in [0.3, 0.4) is 0 Å². The third kappa shape index (κ3) is 3.99. The number of carbonyl (C=O) groups is 1. The molecule has 0 aliphatic heterocycles. The van der Waals surface area contributed by atoms with E-state index < -0.39 is 5.97 Å². The van der Waals surface area contributed by atoms with E-state index in [-0.39, 0.29) is 5.56 Å². The number of unbranched alkanes of at least 4 members (excludes halogenated alkanes) is 1. The van der Waals surface area contributed by atoms with Crippen molar-refractivity contribution >= 4 is 17.3 Å². The number of hydrogen-bond acceptors (Lipinski definition) is 3. The quantitative estimate of drug-likeness (QED) is 0.744. The van der Waals surface area contributed by atoms with Gasteiger partial charge in [0.25, 0.3) is 0 Å². The molecule has 2 rings (SSSR count). The summed E-state index contributed by atoms with van der Waals surface area (Å²) < 4.78 is 5.74. The molecule has 0 aromatic heterocycles. The van der Waals surface area contributed by atoms with Crippen molar-refractivity contribution in [2.75, 3.05) is 11.9 Å². The van der Waals surface area contributed by atoms with Gasteiger partial charge in [0.2, 0.25) is 0 Å². The van der Waals surface area contributed by atoms with Crippen molar-refractivity contribution < 1.29 is 14.6 Å². The predicted molar refractivity (Wildman–Crippen MR) is 83.5 cm³/mol. The van der Waals surface area contributed by atoms with E-state index in [9.17, 15) is 9.90 Å². The maximum atomic E-state index is 11.2. The lowest BCUT2D eigenvalue weighted by molar-refractivity contribution is 0.0698. The molecule has 0 atom stereocenters. The van der Waals surface area contributed by atoms with Crippen LogP contribution in [0.1, 0.15) is 30.1 Å². The number of carboxylic acids is 1. The van der Waals surface area contributed by atoms with Crippen LogP contribution in [0.15, 0.2) is 48.5 Å². The molecule has 4 heteroatoms. The Morgan fingerprint density at radius 1 is 1.10 bits per heavy atom. The molecule has 2 aromatic carbocycles. The molecule has 0 saturated heterocycles. The summed E-state index contributed by atoms with van der Waals surface area (Å²) >= 11 is 0. The fourth-order valence-electron chi connectivity index (χ4n) is 1.95. The third-order valence-corrected chi connectivity index (χ3v) is 3.07. The molecule has 0 heterocycles. The minimum absolute atomic E-state index is 0.237. The van der Waals surface area contributed by atoms with Gasteiger partial charge in [-0.3, -0.25) is 0 Å². The monoisotopic (exact) mass is 285 g/mol. The zero-order valence-electron chi connectivity index (χ0n) is 12.0. The van der Waals surface area contributed by atoms with E-state index in [1.54, 1.807) is 24.3 Å². The van der Waals surface area contributed by atoms with E-state index >= 15 is 0 Å². The molecule has 110 valence electrons. The minimum Gasteiger partial charge on any atom is -0.491 e. The second-order valence-electron chi connectivity index (χ2n) is 4.67. The lowest BCUT2D eigenvalue weighted by Gasteiger charge is -2.14. The Hall–Kier alpha value is -2.49. The van der Waals surface area contributed by atoms with Gasteiger partial charge in [0.05, 0.1) is 23.5 Å². The van der Waals surface area contributed by atoms with Crippen LogP contribution in [0.25, 0.3) is 0 Å². The van der Waals surface area contributed by atoms with Crippen molar-refractivity contribution in [3.8, 4) is 5.75 Å². The zero-order chi connectivity index (χ0) is 15.1. The van der Waals surface area contributed by atoms with Gasteiger partial charge in [-0.2, -0.15) is 0 Å². The molecule has 21 heavy (non-hydrogen) atoms. The summed E-state index contributed by atoms with van der Waals surface area (Å²) in [7, 11) is 0. The first-order valence-electron chi connectivity index (χ1n) is 7.03. The number of ether oxygens (including phenoxy) is 1. The molecular weight excluding hydrogens is 266 g/mol. The van der Waals surface area contributed by atoms with Crippen molar-refractivity contribution in [2.45, 2.75) is 19.8 Å².